The van der Waals surface area contributed by atoms with Crippen molar-refractivity contribution < 1.29 is 4.74 Å². The molecule has 0 radical (unpaired) electrons. The predicted molar refractivity (Wildman–Crippen MR) is 95.7 cm³/mol. The summed E-state index contributed by atoms with van der Waals surface area (Å²) in [7, 11) is 3.71. The van der Waals surface area contributed by atoms with Crippen molar-refractivity contribution >= 4 is 11.9 Å². The van der Waals surface area contributed by atoms with Gasteiger partial charge in [-0.1, -0.05) is 40.0 Å². The number of benzene rings is 1. The monoisotopic (exact) mass is 302 g/mol. The molecule has 3 nitrogen and oxygen atoms in total. The summed E-state index contributed by atoms with van der Waals surface area (Å²) in [5.41, 5.74) is 3.60. The van der Waals surface area contributed by atoms with Crippen LogP contribution in [0.1, 0.15) is 64.0 Å². The van der Waals surface area contributed by atoms with Gasteiger partial charge in [-0.05, 0) is 36.0 Å². The molecule has 1 N–H and O–H groups in total. The fourth-order valence-corrected chi connectivity index (χ4v) is 3.14. The zero-order valence-corrected chi connectivity index (χ0v) is 14.7. The van der Waals surface area contributed by atoms with E-state index in [1.807, 2.05) is 13.3 Å². The van der Waals surface area contributed by atoms with Gasteiger partial charge >= 0.3 is 0 Å². The number of nitrogens with zero attached hydrogens (tertiary/aromatic N) is 1. The Balaban J connectivity index is 2.37. The van der Waals surface area contributed by atoms with Crippen molar-refractivity contribution in [2.75, 3.05) is 19.5 Å². The van der Waals surface area contributed by atoms with E-state index in [4.69, 9.17) is 9.73 Å². The average Bonchev–Trinajstić information content (AvgIpc) is 2.52. The molecule has 0 bridgehead atoms. The van der Waals surface area contributed by atoms with Crippen LogP contribution in [-0.4, -0.2) is 26.4 Å². The number of hydrogen-bond donors (Lipinski definition) is 1. The average molecular weight is 302 g/mol. The molecule has 0 spiro atoms. The quantitative estimate of drug-likeness (QED) is 0.812. The number of aliphatic imine (C=N–C) groups is 1. The number of ether oxygens (including phenoxy) is 1. The molecule has 1 aromatic rings. The molecule has 1 aliphatic carbocycles. The standard InChI is InChI=1S/C19H30N2O/c1-19(2,3)17-12-16(22-5)11-14(18(17)20-4)13-21-15-9-7-6-8-10-15/h11-13,15,20H,6-10H2,1-5H3. The van der Waals surface area contributed by atoms with Crippen LogP contribution in [0, 0.1) is 0 Å². The number of rotatable bonds is 4. The van der Waals surface area contributed by atoms with E-state index >= 15 is 0 Å². The van der Waals surface area contributed by atoms with Crippen molar-refractivity contribution in [1.82, 2.24) is 0 Å². The lowest BCUT2D eigenvalue weighted by atomic mass is 9.84. The lowest BCUT2D eigenvalue weighted by Gasteiger charge is -2.25. The molecule has 0 aromatic heterocycles. The minimum Gasteiger partial charge on any atom is -0.497 e. The third-order valence-corrected chi connectivity index (χ3v) is 4.44. The first kappa shape index (κ1) is 16.9. The van der Waals surface area contributed by atoms with Gasteiger partial charge in [0, 0.05) is 30.6 Å². The van der Waals surface area contributed by atoms with Gasteiger partial charge in [0.25, 0.3) is 0 Å². The topological polar surface area (TPSA) is 33.6 Å². The molecule has 122 valence electrons. The molecule has 0 unspecified atom stereocenters. The van der Waals surface area contributed by atoms with Gasteiger partial charge < -0.3 is 10.1 Å². The lowest BCUT2D eigenvalue weighted by Crippen LogP contribution is -2.16. The fraction of sp³-hybridized carbons (Fsp3) is 0.632. The van der Waals surface area contributed by atoms with E-state index in [2.05, 4.69) is 38.2 Å². The minimum absolute atomic E-state index is 0.0559. The van der Waals surface area contributed by atoms with Gasteiger partial charge in [-0.25, -0.2) is 0 Å². The van der Waals surface area contributed by atoms with Crippen LogP contribution in [0.15, 0.2) is 17.1 Å². The van der Waals surface area contributed by atoms with Crippen molar-refractivity contribution in [1.29, 1.82) is 0 Å². The zero-order chi connectivity index (χ0) is 16.2. The van der Waals surface area contributed by atoms with E-state index in [1.54, 1.807) is 7.11 Å². The van der Waals surface area contributed by atoms with Gasteiger partial charge in [0.1, 0.15) is 5.75 Å². The first-order valence-electron chi connectivity index (χ1n) is 8.39. The Morgan fingerprint density at radius 2 is 1.86 bits per heavy atom. The second-order valence-corrected chi connectivity index (χ2v) is 7.21. The predicted octanol–water partition coefficient (Wildman–Crippen LogP) is 4.79. The third-order valence-electron chi connectivity index (χ3n) is 4.44. The Morgan fingerprint density at radius 1 is 1.18 bits per heavy atom. The maximum Gasteiger partial charge on any atom is 0.119 e. The van der Waals surface area contributed by atoms with E-state index in [0.29, 0.717) is 6.04 Å². The van der Waals surface area contributed by atoms with E-state index in [1.165, 1.54) is 37.7 Å². The Labute approximate surface area is 135 Å². The molecule has 1 fully saturated rings. The maximum absolute atomic E-state index is 5.49. The van der Waals surface area contributed by atoms with Crippen LogP contribution in [0.25, 0.3) is 0 Å². The Bertz CT molecular complexity index is 523. The molecule has 0 heterocycles. The lowest BCUT2D eigenvalue weighted by molar-refractivity contribution is 0.412. The normalized spacial score (nSPS) is 17.0. The molecule has 0 atom stereocenters. The van der Waals surface area contributed by atoms with Gasteiger partial charge in [0.15, 0.2) is 0 Å². The summed E-state index contributed by atoms with van der Waals surface area (Å²) < 4.78 is 5.49. The molecule has 1 saturated carbocycles. The summed E-state index contributed by atoms with van der Waals surface area (Å²) in [6, 6.07) is 4.69. The summed E-state index contributed by atoms with van der Waals surface area (Å²) in [6.45, 7) is 6.68. The van der Waals surface area contributed by atoms with Crippen LogP contribution in [0.5, 0.6) is 5.75 Å². The van der Waals surface area contributed by atoms with E-state index in [-0.39, 0.29) is 5.41 Å². The maximum atomic E-state index is 5.49. The second kappa shape index (κ2) is 7.17. The number of anilines is 1. The Morgan fingerprint density at radius 3 is 2.41 bits per heavy atom. The first-order chi connectivity index (χ1) is 10.5. The summed E-state index contributed by atoms with van der Waals surface area (Å²) in [4.78, 5) is 4.84. The number of methoxy groups -OCH3 is 1. The van der Waals surface area contributed by atoms with Crippen molar-refractivity contribution in [2.24, 2.45) is 4.99 Å². The molecule has 1 aliphatic rings. The van der Waals surface area contributed by atoms with Crippen LogP contribution in [0.3, 0.4) is 0 Å². The van der Waals surface area contributed by atoms with Gasteiger partial charge in [-0.3, -0.25) is 4.99 Å². The van der Waals surface area contributed by atoms with Gasteiger partial charge in [0.05, 0.1) is 7.11 Å². The largest absolute Gasteiger partial charge is 0.497 e. The Kier molecular flexibility index (Phi) is 5.49. The van der Waals surface area contributed by atoms with Crippen molar-refractivity contribution in [3.63, 3.8) is 0 Å². The highest BCUT2D eigenvalue weighted by atomic mass is 16.5. The Hall–Kier alpha value is -1.51. The van der Waals surface area contributed by atoms with Gasteiger partial charge in [0.2, 0.25) is 0 Å². The van der Waals surface area contributed by atoms with E-state index in [0.717, 1.165) is 17.0 Å². The molecule has 1 aromatic carbocycles. The first-order valence-corrected chi connectivity index (χ1v) is 8.39. The highest BCUT2D eigenvalue weighted by Gasteiger charge is 2.21. The smallest absolute Gasteiger partial charge is 0.119 e. The SMILES string of the molecule is CNc1c(C=NC2CCCCC2)cc(OC)cc1C(C)(C)C. The molecule has 0 amide bonds. The van der Waals surface area contributed by atoms with Crippen LogP contribution in [-0.2, 0) is 5.41 Å². The highest BCUT2D eigenvalue weighted by Crippen LogP contribution is 2.35. The van der Waals surface area contributed by atoms with Crippen LogP contribution >= 0.6 is 0 Å². The van der Waals surface area contributed by atoms with Gasteiger partial charge in [-0.15, -0.1) is 0 Å². The van der Waals surface area contributed by atoms with Gasteiger partial charge in [-0.2, -0.15) is 0 Å². The van der Waals surface area contributed by atoms with E-state index < -0.39 is 0 Å². The summed E-state index contributed by atoms with van der Waals surface area (Å²) >= 11 is 0. The fourth-order valence-electron chi connectivity index (χ4n) is 3.14. The van der Waals surface area contributed by atoms with Crippen LogP contribution in [0.2, 0.25) is 0 Å². The summed E-state index contributed by atoms with van der Waals surface area (Å²) in [5.74, 6) is 0.897. The van der Waals surface area contributed by atoms with Crippen molar-refractivity contribution in [3.8, 4) is 5.75 Å². The molecule has 22 heavy (non-hydrogen) atoms. The highest BCUT2D eigenvalue weighted by molar-refractivity contribution is 5.90. The molecular formula is C19H30N2O. The van der Waals surface area contributed by atoms with Crippen LogP contribution < -0.4 is 10.1 Å². The zero-order valence-electron chi connectivity index (χ0n) is 14.7. The molecule has 0 saturated heterocycles. The molecule has 3 heteroatoms. The molecule has 0 aliphatic heterocycles. The number of hydrogen-bond acceptors (Lipinski definition) is 3. The molecular weight excluding hydrogens is 272 g/mol. The summed E-state index contributed by atoms with van der Waals surface area (Å²) in [6.07, 6.45) is 8.47. The summed E-state index contributed by atoms with van der Waals surface area (Å²) in [5, 5.41) is 3.36. The minimum atomic E-state index is 0.0559. The second-order valence-electron chi connectivity index (χ2n) is 7.21. The third kappa shape index (κ3) is 4.02. The van der Waals surface area contributed by atoms with Crippen molar-refractivity contribution in [3.05, 3.63) is 23.3 Å². The van der Waals surface area contributed by atoms with E-state index in [9.17, 15) is 0 Å². The van der Waals surface area contributed by atoms with Crippen molar-refractivity contribution in [2.45, 2.75) is 64.3 Å². The molecule has 2 rings (SSSR count). The van der Waals surface area contributed by atoms with Crippen LogP contribution in [0.4, 0.5) is 5.69 Å². The number of nitrogens with one attached hydrogen (secondary N) is 1.